The number of nitrogens with zero attached hydrogens (tertiary/aromatic N) is 2. The van der Waals surface area contributed by atoms with E-state index in [1.807, 2.05) is 6.20 Å². The first-order chi connectivity index (χ1) is 9.69. The van der Waals surface area contributed by atoms with Gasteiger partial charge >= 0.3 is 0 Å². The highest BCUT2D eigenvalue weighted by atomic mass is 79.9. The third-order valence-electron chi connectivity index (χ3n) is 4.04. The Balaban J connectivity index is 2.27. The van der Waals surface area contributed by atoms with Crippen LogP contribution in [0, 0.1) is 5.92 Å². The molecule has 2 rings (SSSR count). The van der Waals surface area contributed by atoms with Crippen molar-refractivity contribution in [2.45, 2.75) is 58.7 Å². The molecule has 0 amide bonds. The fourth-order valence-electron chi connectivity index (χ4n) is 3.01. The van der Waals surface area contributed by atoms with Crippen LogP contribution in [0.15, 0.2) is 10.7 Å². The molecule has 5 heteroatoms. The van der Waals surface area contributed by atoms with E-state index in [2.05, 4.69) is 51.8 Å². The number of hydrogen-bond donors (Lipinski definition) is 1. The van der Waals surface area contributed by atoms with Crippen LogP contribution in [0.25, 0.3) is 0 Å². The molecule has 1 aliphatic heterocycles. The van der Waals surface area contributed by atoms with Crippen LogP contribution in [-0.2, 0) is 11.3 Å². The molecule has 114 valence electrons. The summed E-state index contributed by atoms with van der Waals surface area (Å²) >= 11 is 3.68. The van der Waals surface area contributed by atoms with E-state index in [1.54, 1.807) is 0 Å². The van der Waals surface area contributed by atoms with Gasteiger partial charge in [-0.15, -0.1) is 0 Å². The normalized spacial score (nSPS) is 24.2. The van der Waals surface area contributed by atoms with E-state index in [4.69, 9.17) is 4.74 Å². The van der Waals surface area contributed by atoms with Gasteiger partial charge in [-0.2, -0.15) is 5.10 Å². The fourth-order valence-corrected chi connectivity index (χ4v) is 3.55. The lowest BCUT2D eigenvalue weighted by Gasteiger charge is -2.28. The number of aromatic nitrogens is 2. The first-order valence-electron chi connectivity index (χ1n) is 7.75. The molecule has 1 aromatic rings. The monoisotopic (exact) mass is 343 g/mol. The molecule has 0 radical (unpaired) electrons. The molecule has 4 nitrogen and oxygen atoms in total. The molecule has 1 aliphatic rings. The number of rotatable bonds is 7. The van der Waals surface area contributed by atoms with Crippen LogP contribution in [0.4, 0.5) is 0 Å². The second kappa shape index (κ2) is 7.57. The summed E-state index contributed by atoms with van der Waals surface area (Å²) < 4.78 is 9.03. The average molecular weight is 344 g/mol. The van der Waals surface area contributed by atoms with Gasteiger partial charge in [-0.05, 0) is 48.7 Å². The largest absolute Gasteiger partial charge is 0.378 e. The number of aryl methyl sites for hydroxylation is 1. The second-order valence-electron chi connectivity index (χ2n) is 5.56. The lowest BCUT2D eigenvalue weighted by atomic mass is 9.91. The van der Waals surface area contributed by atoms with Gasteiger partial charge < -0.3 is 10.1 Å². The maximum atomic E-state index is 5.78. The minimum atomic E-state index is 0.307. The van der Waals surface area contributed by atoms with Crippen molar-refractivity contribution in [2.75, 3.05) is 13.2 Å². The van der Waals surface area contributed by atoms with E-state index in [-0.39, 0.29) is 0 Å². The Labute approximate surface area is 130 Å². The molecule has 20 heavy (non-hydrogen) atoms. The molecule has 0 spiro atoms. The predicted molar refractivity (Wildman–Crippen MR) is 84.8 cm³/mol. The Morgan fingerprint density at radius 1 is 1.50 bits per heavy atom. The Hall–Kier alpha value is -0.390. The van der Waals surface area contributed by atoms with E-state index in [0.717, 1.165) is 43.4 Å². The summed E-state index contributed by atoms with van der Waals surface area (Å²) in [6.45, 7) is 9.44. The van der Waals surface area contributed by atoms with Gasteiger partial charge in [-0.3, -0.25) is 4.68 Å². The molecule has 1 saturated heterocycles. The zero-order valence-electron chi connectivity index (χ0n) is 12.7. The van der Waals surface area contributed by atoms with E-state index in [1.165, 1.54) is 5.69 Å². The Morgan fingerprint density at radius 2 is 2.30 bits per heavy atom. The first kappa shape index (κ1) is 16.0. The van der Waals surface area contributed by atoms with Crippen LogP contribution in [-0.4, -0.2) is 29.0 Å². The molecule has 3 atom stereocenters. The predicted octanol–water partition coefficient (Wildman–Crippen LogP) is 3.52. The molecule has 1 aromatic heterocycles. The lowest BCUT2D eigenvalue weighted by molar-refractivity contribution is 0.0941. The number of halogens is 1. The standard InChI is InChI=1S/C15H26BrN3O/c1-4-7-17-14(12-6-9-20-11(12)3)15-13(16)10-18-19(15)8-5-2/h10-12,14,17H,4-9H2,1-3H3. The van der Waals surface area contributed by atoms with E-state index in [0.29, 0.717) is 18.1 Å². The van der Waals surface area contributed by atoms with E-state index >= 15 is 0 Å². The van der Waals surface area contributed by atoms with Gasteiger partial charge in [0.25, 0.3) is 0 Å². The van der Waals surface area contributed by atoms with Crippen molar-refractivity contribution in [1.29, 1.82) is 0 Å². The maximum absolute atomic E-state index is 5.78. The first-order valence-corrected chi connectivity index (χ1v) is 8.54. The zero-order valence-corrected chi connectivity index (χ0v) is 14.3. The zero-order chi connectivity index (χ0) is 14.5. The molecule has 3 unspecified atom stereocenters. The highest BCUT2D eigenvalue weighted by Crippen LogP contribution is 2.36. The Bertz CT molecular complexity index is 421. The SMILES string of the molecule is CCCNC(c1c(Br)cnn1CCC)C1CCOC1C. The smallest absolute Gasteiger partial charge is 0.0699 e. The van der Waals surface area contributed by atoms with E-state index in [9.17, 15) is 0 Å². The topological polar surface area (TPSA) is 39.1 Å². The third-order valence-corrected chi connectivity index (χ3v) is 4.65. The summed E-state index contributed by atoms with van der Waals surface area (Å²) in [5, 5.41) is 8.23. The summed E-state index contributed by atoms with van der Waals surface area (Å²) in [7, 11) is 0. The van der Waals surface area contributed by atoms with Crippen LogP contribution >= 0.6 is 15.9 Å². The molecule has 0 aromatic carbocycles. The van der Waals surface area contributed by atoms with Crippen molar-refractivity contribution in [3.63, 3.8) is 0 Å². The van der Waals surface area contributed by atoms with Crippen LogP contribution in [0.5, 0.6) is 0 Å². The Kier molecular flexibility index (Phi) is 6.05. The number of hydrogen-bond acceptors (Lipinski definition) is 3. The van der Waals surface area contributed by atoms with Crippen molar-refractivity contribution in [3.8, 4) is 0 Å². The van der Waals surface area contributed by atoms with Crippen LogP contribution in [0.2, 0.25) is 0 Å². The van der Waals surface area contributed by atoms with Gasteiger partial charge in [0.15, 0.2) is 0 Å². The van der Waals surface area contributed by atoms with E-state index < -0.39 is 0 Å². The molecular formula is C15H26BrN3O. The van der Waals surface area contributed by atoms with Crippen molar-refractivity contribution < 1.29 is 4.74 Å². The van der Waals surface area contributed by atoms with Crippen molar-refractivity contribution in [3.05, 3.63) is 16.4 Å². The minimum absolute atomic E-state index is 0.307. The summed E-state index contributed by atoms with van der Waals surface area (Å²) in [4.78, 5) is 0. The van der Waals surface area contributed by atoms with Crippen LogP contribution in [0.3, 0.4) is 0 Å². The summed E-state index contributed by atoms with van der Waals surface area (Å²) in [5.41, 5.74) is 1.28. The molecule has 2 heterocycles. The summed E-state index contributed by atoms with van der Waals surface area (Å²) in [6.07, 6.45) is 5.58. The number of ether oxygens (including phenoxy) is 1. The second-order valence-corrected chi connectivity index (χ2v) is 6.42. The van der Waals surface area contributed by atoms with Gasteiger partial charge in [0, 0.05) is 19.1 Å². The van der Waals surface area contributed by atoms with Gasteiger partial charge in [-0.25, -0.2) is 0 Å². The quantitative estimate of drug-likeness (QED) is 0.823. The minimum Gasteiger partial charge on any atom is -0.378 e. The van der Waals surface area contributed by atoms with Gasteiger partial charge in [0.1, 0.15) is 0 Å². The Morgan fingerprint density at radius 3 is 2.90 bits per heavy atom. The van der Waals surface area contributed by atoms with Gasteiger partial charge in [0.2, 0.25) is 0 Å². The average Bonchev–Trinajstić information content (AvgIpc) is 3.00. The van der Waals surface area contributed by atoms with Crippen molar-refractivity contribution in [2.24, 2.45) is 5.92 Å². The summed E-state index contributed by atoms with van der Waals surface area (Å²) in [5.74, 6) is 0.519. The lowest BCUT2D eigenvalue weighted by Crippen LogP contribution is -2.34. The van der Waals surface area contributed by atoms with Crippen molar-refractivity contribution in [1.82, 2.24) is 15.1 Å². The molecular weight excluding hydrogens is 318 g/mol. The summed E-state index contributed by atoms with van der Waals surface area (Å²) in [6, 6.07) is 0.316. The highest BCUT2D eigenvalue weighted by Gasteiger charge is 2.35. The fraction of sp³-hybridized carbons (Fsp3) is 0.800. The molecule has 0 saturated carbocycles. The highest BCUT2D eigenvalue weighted by molar-refractivity contribution is 9.10. The van der Waals surface area contributed by atoms with Crippen LogP contribution < -0.4 is 5.32 Å². The maximum Gasteiger partial charge on any atom is 0.0699 e. The molecule has 0 aliphatic carbocycles. The molecule has 1 N–H and O–H groups in total. The molecule has 1 fully saturated rings. The third kappa shape index (κ3) is 3.43. The van der Waals surface area contributed by atoms with Gasteiger partial charge in [-0.1, -0.05) is 13.8 Å². The van der Waals surface area contributed by atoms with Crippen molar-refractivity contribution >= 4 is 15.9 Å². The van der Waals surface area contributed by atoms with Gasteiger partial charge in [0.05, 0.1) is 28.5 Å². The number of nitrogens with one attached hydrogen (secondary N) is 1. The molecule has 0 bridgehead atoms. The van der Waals surface area contributed by atoms with Crippen LogP contribution in [0.1, 0.15) is 51.8 Å².